The molecule has 94 valence electrons. The maximum Gasteiger partial charge on any atom is 0.427 e. The van der Waals surface area contributed by atoms with Crippen LogP contribution in [0.4, 0.5) is 0 Å². The van der Waals surface area contributed by atoms with Gasteiger partial charge in [0, 0.05) is 0 Å². The molecule has 0 unspecified atom stereocenters. The third kappa shape index (κ3) is 1.72. The van der Waals surface area contributed by atoms with E-state index in [1.807, 2.05) is 0 Å². The number of hydrogen-bond donors (Lipinski definition) is 1. The number of phenols is 1. The summed E-state index contributed by atoms with van der Waals surface area (Å²) in [5, 5.41) is 9.76. The third-order valence-electron chi connectivity index (χ3n) is 2.81. The number of para-hydroxylation sites is 2. The molecule has 0 radical (unpaired) electrons. The van der Waals surface area contributed by atoms with Crippen LogP contribution in [0.15, 0.2) is 62.5 Å². The summed E-state index contributed by atoms with van der Waals surface area (Å²) in [6, 6.07) is 12.9. The van der Waals surface area contributed by atoms with Crippen molar-refractivity contribution in [2.45, 2.75) is 0 Å². The molecular weight excluding hydrogens is 246 g/mol. The monoisotopic (exact) mass is 255 g/mol. The molecule has 3 rings (SSSR count). The Labute approximate surface area is 107 Å². The lowest BCUT2D eigenvalue weighted by Crippen LogP contribution is -2.30. The fourth-order valence-corrected chi connectivity index (χ4v) is 1.94. The fourth-order valence-electron chi connectivity index (χ4n) is 1.94. The summed E-state index contributed by atoms with van der Waals surface area (Å²) < 4.78 is 5.95. The van der Waals surface area contributed by atoms with Crippen LogP contribution in [0.2, 0.25) is 0 Å². The van der Waals surface area contributed by atoms with Crippen molar-refractivity contribution in [1.82, 2.24) is 4.57 Å². The lowest BCUT2D eigenvalue weighted by molar-refractivity contribution is 0.444. The summed E-state index contributed by atoms with van der Waals surface area (Å²) in [7, 11) is 0. The second-order valence-corrected chi connectivity index (χ2v) is 4.00. The van der Waals surface area contributed by atoms with Gasteiger partial charge in [-0.3, -0.25) is 4.79 Å². The molecule has 5 heteroatoms. The van der Waals surface area contributed by atoms with Gasteiger partial charge in [0.2, 0.25) is 0 Å². The van der Waals surface area contributed by atoms with Crippen LogP contribution in [0.5, 0.6) is 5.75 Å². The van der Waals surface area contributed by atoms with Crippen molar-refractivity contribution in [1.29, 1.82) is 0 Å². The summed E-state index contributed by atoms with van der Waals surface area (Å²) in [6.45, 7) is 0. The number of benzene rings is 2. The molecule has 0 saturated heterocycles. The molecule has 3 aromatic rings. The zero-order chi connectivity index (χ0) is 13.4. The number of rotatable bonds is 1. The maximum absolute atomic E-state index is 12.3. The summed E-state index contributed by atoms with van der Waals surface area (Å²) in [5.41, 5.74) is -0.190. The number of phenolic OH excluding ortho intramolecular Hbond substituents is 1. The first-order valence-electron chi connectivity index (χ1n) is 5.62. The van der Waals surface area contributed by atoms with Gasteiger partial charge in [-0.1, -0.05) is 24.3 Å². The highest BCUT2D eigenvalue weighted by Gasteiger charge is 2.13. The Morgan fingerprint density at radius 1 is 0.947 bits per heavy atom. The van der Waals surface area contributed by atoms with Crippen molar-refractivity contribution < 1.29 is 9.52 Å². The van der Waals surface area contributed by atoms with E-state index in [1.165, 1.54) is 18.2 Å². The van der Waals surface area contributed by atoms with Crippen molar-refractivity contribution >= 4 is 11.0 Å². The Morgan fingerprint density at radius 3 is 2.42 bits per heavy atom. The number of aromatic hydroxyl groups is 1. The lowest BCUT2D eigenvalue weighted by atomic mass is 10.2. The molecule has 1 aromatic heterocycles. The maximum atomic E-state index is 12.3. The quantitative estimate of drug-likeness (QED) is 0.717. The van der Waals surface area contributed by atoms with E-state index in [1.54, 1.807) is 30.3 Å². The summed E-state index contributed by atoms with van der Waals surface area (Å²) in [4.78, 5) is 24.2. The minimum atomic E-state index is -0.829. The van der Waals surface area contributed by atoms with Crippen LogP contribution in [-0.4, -0.2) is 9.67 Å². The fraction of sp³-hybridized carbons (Fsp3) is 0. The molecule has 19 heavy (non-hydrogen) atoms. The predicted molar refractivity (Wildman–Crippen MR) is 69.7 cm³/mol. The lowest BCUT2D eigenvalue weighted by Gasteiger charge is -2.05. The third-order valence-corrected chi connectivity index (χ3v) is 2.81. The highest BCUT2D eigenvalue weighted by atomic mass is 16.4. The van der Waals surface area contributed by atoms with Crippen LogP contribution in [0.1, 0.15) is 0 Å². The smallest absolute Gasteiger partial charge is 0.427 e. The number of aromatic nitrogens is 1. The van der Waals surface area contributed by atoms with Gasteiger partial charge in [-0.25, -0.2) is 9.36 Å². The normalized spacial score (nSPS) is 10.7. The Bertz CT molecular complexity index is 862. The van der Waals surface area contributed by atoms with Gasteiger partial charge in [-0.05, 0) is 24.3 Å². The van der Waals surface area contributed by atoms with Crippen molar-refractivity contribution in [3.05, 3.63) is 69.4 Å². The van der Waals surface area contributed by atoms with Crippen molar-refractivity contribution in [2.24, 2.45) is 0 Å². The molecule has 0 aliphatic rings. The van der Waals surface area contributed by atoms with E-state index >= 15 is 0 Å². The van der Waals surface area contributed by atoms with Crippen molar-refractivity contribution in [2.75, 3.05) is 0 Å². The van der Waals surface area contributed by atoms with Crippen molar-refractivity contribution in [3.8, 4) is 11.4 Å². The van der Waals surface area contributed by atoms with Crippen LogP contribution in [-0.2, 0) is 0 Å². The van der Waals surface area contributed by atoms with Gasteiger partial charge in [0.15, 0.2) is 11.3 Å². The number of fused-ring (bicyclic) bond motifs is 1. The molecule has 0 atom stereocenters. The molecule has 2 aromatic carbocycles. The van der Waals surface area contributed by atoms with E-state index in [4.69, 9.17) is 4.42 Å². The average molecular weight is 255 g/mol. The summed E-state index contributed by atoms with van der Waals surface area (Å²) >= 11 is 0. The van der Waals surface area contributed by atoms with E-state index in [9.17, 15) is 14.7 Å². The molecule has 0 bridgehead atoms. The SMILES string of the molecule is O=c1oc2c(O)cccc2c(=O)n1-c1ccccc1. The second-order valence-electron chi connectivity index (χ2n) is 4.00. The summed E-state index contributed by atoms with van der Waals surface area (Å²) in [5.74, 6) is -1.06. The first-order valence-corrected chi connectivity index (χ1v) is 5.62. The molecule has 1 heterocycles. The molecule has 0 fully saturated rings. The zero-order valence-electron chi connectivity index (χ0n) is 9.74. The average Bonchev–Trinajstić information content (AvgIpc) is 2.41. The Morgan fingerprint density at radius 2 is 1.68 bits per heavy atom. The predicted octanol–water partition coefficient (Wildman–Crippen LogP) is 1.65. The van der Waals surface area contributed by atoms with Gasteiger partial charge >= 0.3 is 5.76 Å². The van der Waals surface area contributed by atoms with E-state index in [0.717, 1.165) is 4.57 Å². The molecule has 0 saturated carbocycles. The Kier molecular flexibility index (Phi) is 2.45. The van der Waals surface area contributed by atoms with Gasteiger partial charge < -0.3 is 9.52 Å². The van der Waals surface area contributed by atoms with Crippen LogP contribution < -0.4 is 11.3 Å². The first-order chi connectivity index (χ1) is 9.18. The van der Waals surface area contributed by atoms with E-state index in [0.29, 0.717) is 5.69 Å². The van der Waals surface area contributed by atoms with Gasteiger partial charge in [-0.15, -0.1) is 0 Å². The van der Waals surface area contributed by atoms with E-state index in [-0.39, 0.29) is 16.7 Å². The van der Waals surface area contributed by atoms with E-state index in [2.05, 4.69) is 0 Å². The topological polar surface area (TPSA) is 72.4 Å². The molecular formula is C14H9NO4. The molecule has 5 nitrogen and oxygen atoms in total. The van der Waals surface area contributed by atoms with Crippen LogP contribution in [0.25, 0.3) is 16.7 Å². The van der Waals surface area contributed by atoms with E-state index < -0.39 is 11.3 Å². The molecule has 0 amide bonds. The van der Waals surface area contributed by atoms with Gasteiger partial charge in [0.05, 0.1) is 11.1 Å². The van der Waals surface area contributed by atoms with Crippen LogP contribution in [0, 0.1) is 0 Å². The summed E-state index contributed by atoms with van der Waals surface area (Å²) in [6.07, 6.45) is 0. The first kappa shape index (κ1) is 11.3. The highest BCUT2D eigenvalue weighted by Crippen LogP contribution is 2.20. The number of nitrogens with zero attached hydrogens (tertiary/aromatic N) is 1. The van der Waals surface area contributed by atoms with Gasteiger partial charge in [0.1, 0.15) is 0 Å². The number of hydrogen-bond acceptors (Lipinski definition) is 4. The van der Waals surface area contributed by atoms with Gasteiger partial charge in [0.25, 0.3) is 5.56 Å². The van der Waals surface area contributed by atoms with Crippen LogP contribution in [0.3, 0.4) is 0 Å². The Balaban J connectivity index is 2.47. The highest BCUT2D eigenvalue weighted by molar-refractivity contribution is 5.81. The van der Waals surface area contributed by atoms with Crippen LogP contribution >= 0.6 is 0 Å². The molecule has 0 spiro atoms. The molecule has 0 aliphatic carbocycles. The largest absolute Gasteiger partial charge is 0.504 e. The Hall–Kier alpha value is -2.82. The minimum Gasteiger partial charge on any atom is -0.504 e. The molecule has 1 N–H and O–H groups in total. The minimum absolute atomic E-state index is 0.0929. The molecule has 0 aliphatic heterocycles. The zero-order valence-corrected chi connectivity index (χ0v) is 9.74. The van der Waals surface area contributed by atoms with Crippen molar-refractivity contribution in [3.63, 3.8) is 0 Å². The standard InChI is InChI=1S/C14H9NO4/c16-11-8-4-7-10-12(11)19-14(18)15(13(10)17)9-5-2-1-3-6-9/h1-8,16H. The second kappa shape index (κ2) is 4.13. The van der Waals surface area contributed by atoms with Gasteiger partial charge in [-0.2, -0.15) is 0 Å².